The van der Waals surface area contributed by atoms with Gasteiger partial charge in [-0.15, -0.1) is 0 Å². The van der Waals surface area contributed by atoms with E-state index in [1.54, 1.807) is 17.8 Å². The Morgan fingerprint density at radius 1 is 1.16 bits per heavy atom. The SMILES string of the molecule is CC(O)c1nc2c(N[C@H]3CC[C@H](N4CCOCC4)CC3)nc(Nc3cnn(C)c3)nc2s1. The number of morpholine rings is 1. The number of fused-ring (bicyclic) bond motifs is 1. The van der Waals surface area contributed by atoms with E-state index in [-0.39, 0.29) is 0 Å². The van der Waals surface area contributed by atoms with Crippen molar-refractivity contribution in [1.82, 2.24) is 29.6 Å². The smallest absolute Gasteiger partial charge is 0.230 e. The summed E-state index contributed by atoms with van der Waals surface area (Å²) in [6.07, 6.45) is 7.49. The summed E-state index contributed by atoms with van der Waals surface area (Å²) in [7, 11) is 1.87. The van der Waals surface area contributed by atoms with E-state index in [0.717, 1.165) is 61.0 Å². The third kappa shape index (κ3) is 4.70. The molecule has 0 aromatic carbocycles. The molecule has 0 spiro atoms. The molecule has 1 atom stereocenters. The van der Waals surface area contributed by atoms with Crippen LogP contribution in [0.3, 0.4) is 0 Å². The Bertz CT molecular complexity index is 1050. The van der Waals surface area contributed by atoms with Crippen molar-refractivity contribution in [3.63, 3.8) is 0 Å². The highest BCUT2D eigenvalue weighted by molar-refractivity contribution is 7.18. The Balaban J connectivity index is 1.34. The van der Waals surface area contributed by atoms with Crippen molar-refractivity contribution in [1.29, 1.82) is 0 Å². The molecule has 32 heavy (non-hydrogen) atoms. The predicted octanol–water partition coefficient (Wildman–Crippen LogP) is 2.67. The third-order valence-electron chi connectivity index (χ3n) is 6.19. The second kappa shape index (κ2) is 9.26. The summed E-state index contributed by atoms with van der Waals surface area (Å²) < 4.78 is 7.23. The maximum atomic E-state index is 10.0. The summed E-state index contributed by atoms with van der Waals surface area (Å²) >= 11 is 1.40. The standard InChI is InChI=1S/C21H30N8O2S/c1-13(30)19-25-17-18(23-14-3-5-16(6-4-14)29-7-9-31-10-8-29)26-21(27-20(17)32-19)24-15-11-22-28(2)12-15/h11-14,16,30H,3-10H2,1-2H3,(H2,23,24,26,27)/t13?,14-,16-. The van der Waals surface area contributed by atoms with Gasteiger partial charge in [0.1, 0.15) is 16.6 Å². The van der Waals surface area contributed by atoms with Crippen LogP contribution in [-0.2, 0) is 11.8 Å². The molecule has 0 amide bonds. The van der Waals surface area contributed by atoms with E-state index in [2.05, 4.69) is 30.6 Å². The molecule has 10 nitrogen and oxygen atoms in total. The van der Waals surface area contributed by atoms with Crippen molar-refractivity contribution < 1.29 is 9.84 Å². The highest BCUT2D eigenvalue weighted by Gasteiger charge is 2.28. The molecule has 3 aromatic rings. The molecule has 2 aliphatic rings. The van der Waals surface area contributed by atoms with E-state index in [1.807, 2.05) is 13.2 Å². The van der Waals surface area contributed by atoms with Crippen LogP contribution in [-0.4, -0.2) is 73.1 Å². The van der Waals surface area contributed by atoms with Crippen molar-refractivity contribution in [2.75, 3.05) is 36.9 Å². The third-order valence-corrected chi connectivity index (χ3v) is 7.31. The highest BCUT2D eigenvalue weighted by Crippen LogP contribution is 2.33. The van der Waals surface area contributed by atoms with E-state index in [1.165, 1.54) is 24.2 Å². The van der Waals surface area contributed by atoms with Crippen LogP contribution >= 0.6 is 11.3 Å². The summed E-state index contributed by atoms with van der Waals surface area (Å²) in [4.78, 5) is 17.3. The number of hydrogen-bond acceptors (Lipinski definition) is 10. The van der Waals surface area contributed by atoms with Crippen LogP contribution in [0.5, 0.6) is 0 Å². The molecule has 2 fully saturated rings. The molecule has 4 heterocycles. The molecule has 0 bridgehead atoms. The van der Waals surface area contributed by atoms with Gasteiger partial charge in [0.2, 0.25) is 5.95 Å². The minimum absolute atomic E-state index is 0.341. The number of nitrogens with zero attached hydrogens (tertiary/aromatic N) is 6. The summed E-state index contributed by atoms with van der Waals surface area (Å²) in [5.41, 5.74) is 1.54. The van der Waals surface area contributed by atoms with Crippen LogP contribution in [0.25, 0.3) is 10.3 Å². The largest absolute Gasteiger partial charge is 0.386 e. The van der Waals surface area contributed by atoms with Gasteiger partial charge in [0, 0.05) is 38.4 Å². The van der Waals surface area contributed by atoms with Gasteiger partial charge in [-0.2, -0.15) is 15.1 Å². The summed E-state index contributed by atoms with van der Waals surface area (Å²) in [6, 6.07) is 0.986. The second-order valence-corrected chi connectivity index (χ2v) is 9.61. The van der Waals surface area contributed by atoms with Gasteiger partial charge >= 0.3 is 0 Å². The van der Waals surface area contributed by atoms with Crippen LogP contribution in [0, 0.1) is 0 Å². The van der Waals surface area contributed by atoms with E-state index in [0.29, 0.717) is 23.0 Å². The fraction of sp³-hybridized carbons (Fsp3) is 0.619. The lowest BCUT2D eigenvalue weighted by Gasteiger charge is -2.39. The lowest BCUT2D eigenvalue weighted by atomic mass is 9.90. The summed E-state index contributed by atoms with van der Waals surface area (Å²) in [5, 5.41) is 21.7. The predicted molar refractivity (Wildman–Crippen MR) is 124 cm³/mol. The highest BCUT2D eigenvalue weighted by atomic mass is 32.1. The maximum absolute atomic E-state index is 10.0. The number of rotatable bonds is 6. The minimum atomic E-state index is -0.638. The van der Waals surface area contributed by atoms with Gasteiger partial charge in [0.15, 0.2) is 10.6 Å². The second-order valence-electron chi connectivity index (χ2n) is 8.60. The minimum Gasteiger partial charge on any atom is -0.386 e. The fourth-order valence-corrected chi connectivity index (χ4v) is 5.39. The van der Waals surface area contributed by atoms with Gasteiger partial charge in [-0.25, -0.2) is 4.98 Å². The maximum Gasteiger partial charge on any atom is 0.230 e. The quantitative estimate of drug-likeness (QED) is 0.513. The Kier molecular flexibility index (Phi) is 6.22. The molecule has 1 unspecified atom stereocenters. The van der Waals surface area contributed by atoms with Gasteiger partial charge in [0.25, 0.3) is 0 Å². The number of thiazole rings is 1. The lowest BCUT2D eigenvalue weighted by Crippen LogP contribution is -2.46. The Morgan fingerprint density at radius 2 is 1.94 bits per heavy atom. The number of anilines is 3. The number of aliphatic hydroxyl groups excluding tert-OH is 1. The number of aliphatic hydroxyl groups is 1. The monoisotopic (exact) mass is 458 g/mol. The van der Waals surface area contributed by atoms with Gasteiger partial charge in [0.05, 0.1) is 25.1 Å². The molecule has 0 radical (unpaired) electrons. The van der Waals surface area contributed by atoms with Gasteiger partial charge in [-0.05, 0) is 32.6 Å². The molecular weight excluding hydrogens is 428 g/mol. The topological polar surface area (TPSA) is 113 Å². The van der Waals surface area contributed by atoms with Crippen molar-refractivity contribution in [3.05, 3.63) is 17.4 Å². The molecule has 5 rings (SSSR count). The van der Waals surface area contributed by atoms with Crippen molar-refractivity contribution in [3.8, 4) is 0 Å². The van der Waals surface area contributed by atoms with Crippen LogP contribution < -0.4 is 10.6 Å². The summed E-state index contributed by atoms with van der Waals surface area (Å²) in [5.74, 6) is 1.22. The fourth-order valence-electron chi connectivity index (χ4n) is 4.51. The summed E-state index contributed by atoms with van der Waals surface area (Å²) in [6.45, 7) is 5.50. The molecule has 11 heteroatoms. The molecular formula is C21H30N8O2S. The zero-order valence-electron chi connectivity index (χ0n) is 18.5. The molecule has 3 N–H and O–H groups in total. The van der Waals surface area contributed by atoms with Crippen LogP contribution in [0.1, 0.15) is 43.7 Å². The van der Waals surface area contributed by atoms with Crippen LogP contribution in [0.4, 0.5) is 17.5 Å². The number of aromatic nitrogens is 5. The van der Waals surface area contributed by atoms with Crippen molar-refractivity contribution in [2.45, 2.75) is 50.8 Å². The van der Waals surface area contributed by atoms with Gasteiger partial charge in [-0.1, -0.05) is 11.3 Å². The zero-order chi connectivity index (χ0) is 22.1. The lowest BCUT2D eigenvalue weighted by molar-refractivity contribution is 0.00791. The Hall–Kier alpha value is -2.34. The Labute approximate surface area is 191 Å². The van der Waals surface area contributed by atoms with E-state index < -0.39 is 6.10 Å². The van der Waals surface area contributed by atoms with Crippen LogP contribution in [0.15, 0.2) is 12.4 Å². The van der Waals surface area contributed by atoms with Crippen molar-refractivity contribution >= 4 is 39.1 Å². The molecule has 1 aliphatic heterocycles. The molecule has 1 saturated carbocycles. The average molecular weight is 459 g/mol. The normalized spacial score (nSPS) is 23.3. The van der Waals surface area contributed by atoms with Gasteiger partial charge < -0.3 is 20.5 Å². The molecule has 1 saturated heterocycles. The molecule has 172 valence electrons. The first-order valence-electron chi connectivity index (χ1n) is 11.3. The zero-order valence-corrected chi connectivity index (χ0v) is 19.3. The van der Waals surface area contributed by atoms with Crippen LogP contribution in [0.2, 0.25) is 0 Å². The van der Waals surface area contributed by atoms with E-state index in [9.17, 15) is 5.11 Å². The first kappa shape index (κ1) is 21.5. The number of ether oxygens (including phenoxy) is 1. The Morgan fingerprint density at radius 3 is 2.62 bits per heavy atom. The average Bonchev–Trinajstić information content (AvgIpc) is 3.41. The first-order valence-corrected chi connectivity index (χ1v) is 12.1. The van der Waals surface area contributed by atoms with E-state index >= 15 is 0 Å². The first-order chi connectivity index (χ1) is 15.5. The number of aryl methyl sites for hydroxylation is 1. The number of hydrogen-bond donors (Lipinski definition) is 3. The van der Waals surface area contributed by atoms with Crippen molar-refractivity contribution in [2.24, 2.45) is 7.05 Å². The van der Waals surface area contributed by atoms with E-state index in [4.69, 9.17) is 9.72 Å². The molecule has 1 aliphatic carbocycles. The number of nitrogens with one attached hydrogen (secondary N) is 2. The van der Waals surface area contributed by atoms with Gasteiger partial charge in [-0.3, -0.25) is 9.58 Å². The molecule has 3 aromatic heterocycles.